The molecule has 6 rings (SSSR count). The Labute approximate surface area is 291 Å². The Bertz CT molecular complexity index is 1610. The van der Waals surface area contributed by atoms with Crippen LogP contribution in [0.3, 0.4) is 0 Å². The van der Waals surface area contributed by atoms with Crippen LogP contribution in [0.5, 0.6) is 17.2 Å². The molecule has 262 valence electrons. The van der Waals surface area contributed by atoms with Gasteiger partial charge in [0.25, 0.3) is 0 Å². The summed E-state index contributed by atoms with van der Waals surface area (Å²) < 4.78 is 23.3. The van der Waals surface area contributed by atoms with Gasteiger partial charge >= 0.3 is 11.9 Å². The maximum atomic E-state index is 13.0. The summed E-state index contributed by atoms with van der Waals surface area (Å²) in [6, 6.07) is 22.9. The van der Waals surface area contributed by atoms with Gasteiger partial charge in [-0.05, 0) is 125 Å². The van der Waals surface area contributed by atoms with Crippen LogP contribution < -0.4 is 14.2 Å². The average Bonchev–Trinajstić information content (AvgIpc) is 3.10. The third-order valence-electron chi connectivity index (χ3n) is 10.9. The molecular weight excluding hydrogens is 616 g/mol. The number of hydrogen-bond acceptors (Lipinski definition) is 8. The maximum Gasteiger partial charge on any atom is 0.311 e. The Balaban J connectivity index is 1.02. The largest absolute Gasteiger partial charge is 0.497 e. The summed E-state index contributed by atoms with van der Waals surface area (Å²) in [6.07, 6.45) is 8.32. The summed E-state index contributed by atoms with van der Waals surface area (Å²) in [5.74, 6) is 2.00. The molecule has 3 aliphatic rings. The van der Waals surface area contributed by atoms with E-state index in [0.29, 0.717) is 24.3 Å². The molecule has 2 bridgehead atoms. The topological polar surface area (TPSA) is 77.5 Å². The minimum Gasteiger partial charge on any atom is -0.497 e. The molecule has 0 unspecified atom stereocenters. The van der Waals surface area contributed by atoms with Crippen LogP contribution in [0.25, 0.3) is 0 Å². The van der Waals surface area contributed by atoms with E-state index in [4.69, 9.17) is 18.9 Å². The molecule has 0 amide bonds. The van der Waals surface area contributed by atoms with Crippen molar-refractivity contribution >= 4 is 11.9 Å². The predicted molar refractivity (Wildman–Crippen MR) is 190 cm³/mol. The number of carbonyl (C=O) groups excluding carboxylic acids is 2. The third-order valence-corrected chi connectivity index (χ3v) is 10.9. The zero-order valence-corrected chi connectivity index (χ0v) is 29.6. The molecule has 1 saturated carbocycles. The van der Waals surface area contributed by atoms with Gasteiger partial charge in [-0.25, -0.2) is 0 Å². The number of benzene rings is 3. The summed E-state index contributed by atoms with van der Waals surface area (Å²) >= 11 is 0. The van der Waals surface area contributed by atoms with Gasteiger partial charge in [-0.1, -0.05) is 49.2 Å². The second-order valence-electron chi connectivity index (χ2n) is 14.4. The third kappa shape index (κ3) is 8.30. The summed E-state index contributed by atoms with van der Waals surface area (Å²) in [6.45, 7) is 1.82. The first kappa shape index (κ1) is 35.0. The van der Waals surface area contributed by atoms with Crippen molar-refractivity contribution in [2.75, 3.05) is 47.9 Å². The lowest BCUT2D eigenvalue weighted by Gasteiger charge is -2.58. The van der Waals surface area contributed by atoms with Gasteiger partial charge in [0.2, 0.25) is 0 Å². The number of aryl methyl sites for hydroxylation is 2. The SMILES string of the molecule is COc1cccc(CCc2ccccc2OC[C@H](CN(C)C)OC(=O)CCC(=O)Oc2ccc3c(c2)[C@]24CCCC[C@@H]2[C@H](C3)N(C)CC4)c1. The fraction of sp³-hybridized carbons (Fsp3) is 0.512. The highest BCUT2D eigenvalue weighted by atomic mass is 16.6. The molecule has 49 heavy (non-hydrogen) atoms. The van der Waals surface area contributed by atoms with Crippen LogP contribution in [0.15, 0.2) is 66.7 Å². The van der Waals surface area contributed by atoms with Crippen molar-refractivity contribution in [2.45, 2.75) is 81.8 Å². The van der Waals surface area contributed by atoms with Crippen LogP contribution in [0.2, 0.25) is 0 Å². The number of para-hydroxylation sites is 1. The van der Waals surface area contributed by atoms with E-state index < -0.39 is 18.0 Å². The minimum atomic E-state index is -0.494. The van der Waals surface area contributed by atoms with Crippen molar-refractivity contribution in [3.8, 4) is 17.2 Å². The molecule has 1 heterocycles. The number of likely N-dealkylation sites (N-methyl/N-ethyl adjacent to an activating group) is 2. The number of fused-ring (bicyclic) bond motifs is 1. The maximum absolute atomic E-state index is 13.0. The first-order valence-electron chi connectivity index (χ1n) is 18.0. The molecule has 8 heteroatoms. The number of piperidine rings is 1. The highest BCUT2D eigenvalue weighted by Gasteiger charge is 2.53. The second kappa shape index (κ2) is 15.8. The number of likely N-dealkylation sites (tertiary alicyclic amines) is 1. The molecular formula is C41H52N2O6. The van der Waals surface area contributed by atoms with Crippen molar-refractivity contribution in [3.63, 3.8) is 0 Å². The van der Waals surface area contributed by atoms with E-state index in [0.717, 1.165) is 49.3 Å². The molecule has 3 aromatic rings. The van der Waals surface area contributed by atoms with E-state index in [-0.39, 0.29) is 24.9 Å². The highest BCUT2D eigenvalue weighted by Crippen LogP contribution is 2.56. The Hall–Kier alpha value is -3.88. The van der Waals surface area contributed by atoms with Gasteiger partial charge in [-0.2, -0.15) is 0 Å². The first-order chi connectivity index (χ1) is 23.7. The standard InChI is InChI=1S/C41H52N2O6/c1-42(2)27-34(28-47-38-14-6-5-11-30(38)16-15-29-10-9-12-32(24-29)46-4)49-40(45)20-19-39(44)48-33-18-17-31-25-37-35-13-7-8-21-41(35,36(31)26-33)22-23-43(37)3/h5-6,9-12,14,17-18,24,26,34-35,37H,7-8,13,15-16,19-23,25,27-28H2,1-4H3/t34-,35+,37-,41-/m0/s1. The number of ether oxygens (including phenoxy) is 4. The van der Waals surface area contributed by atoms with Gasteiger partial charge < -0.3 is 28.7 Å². The Morgan fingerprint density at radius 3 is 2.61 bits per heavy atom. The molecule has 0 aromatic heterocycles. The van der Waals surface area contributed by atoms with E-state index in [9.17, 15) is 9.59 Å². The molecule has 0 spiro atoms. The van der Waals surface area contributed by atoms with Gasteiger partial charge in [0.1, 0.15) is 30.0 Å². The average molecular weight is 669 g/mol. The Morgan fingerprint density at radius 1 is 0.939 bits per heavy atom. The lowest BCUT2D eigenvalue weighted by Crippen LogP contribution is -2.59. The number of carbonyl (C=O) groups is 2. The molecule has 3 aromatic carbocycles. The zero-order valence-electron chi connectivity index (χ0n) is 29.6. The van der Waals surface area contributed by atoms with Crippen LogP contribution in [0.1, 0.15) is 67.2 Å². The lowest BCUT2D eigenvalue weighted by atomic mass is 9.52. The Morgan fingerprint density at radius 2 is 1.78 bits per heavy atom. The molecule has 0 radical (unpaired) electrons. The van der Waals surface area contributed by atoms with E-state index in [1.165, 1.54) is 42.4 Å². The quantitative estimate of drug-likeness (QED) is 0.144. The van der Waals surface area contributed by atoms with Crippen molar-refractivity contribution in [1.29, 1.82) is 0 Å². The minimum absolute atomic E-state index is 0.0425. The smallest absolute Gasteiger partial charge is 0.311 e. The summed E-state index contributed by atoms with van der Waals surface area (Å²) in [7, 11) is 7.81. The highest BCUT2D eigenvalue weighted by molar-refractivity contribution is 5.79. The van der Waals surface area contributed by atoms with Gasteiger partial charge in [0, 0.05) is 18.0 Å². The van der Waals surface area contributed by atoms with E-state index >= 15 is 0 Å². The zero-order chi connectivity index (χ0) is 34.4. The summed E-state index contributed by atoms with van der Waals surface area (Å²) in [4.78, 5) is 30.4. The Kier molecular flexibility index (Phi) is 11.3. The van der Waals surface area contributed by atoms with E-state index in [1.54, 1.807) is 7.11 Å². The first-order valence-corrected chi connectivity index (χ1v) is 18.0. The lowest BCUT2D eigenvalue weighted by molar-refractivity contribution is -0.153. The molecule has 8 nitrogen and oxygen atoms in total. The number of esters is 2. The van der Waals surface area contributed by atoms with Gasteiger partial charge in [-0.15, -0.1) is 0 Å². The normalized spacial score (nSPS) is 22.1. The van der Waals surface area contributed by atoms with Crippen molar-refractivity contribution in [2.24, 2.45) is 5.92 Å². The van der Waals surface area contributed by atoms with Crippen LogP contribution in [-0.2, 0) is 39.0 Å². The molecule has 1 saturated heterocycles. The number of hydrogen-bond donors (Lipinski definition) is 0. The van der Waals surface area contributed by atoms with Crippen LogP contribution >= 0.6 is 0 Å². The number of rotatable bonds is 14. The monoisotopic (exact) mass is 668 g/mol. The molecule has 0 N–H and O–H groups in total. The van der Waals surface area contributed by atoms with Crippen molar-refractivity contribution in [3.05, 3.63) is 89.0 Å². The fourth-order valence-electron chi connectivity index (χ4n) is 8.54. The van der Waals surface area contributed by atoms with E-state index in [1.807, 2.05) is 61.5 Å². The molecule has 2 fully saturated rings. The van der Waals surface area contributed by atoms with Crippen LogP contribution in [0, 0.1) is 5.92 Å². The second-order valence-corrected chi connectivity index (χ2v) is 14.4. The number of nitrogens with zero attached hydrogens (tertiary/aromatic N) is 2. The molecule has 2 aliphatic carbocycles. The van der Waals surface area contributed by atoms with Crippen molar-refractivity contribution < 1.29 is 28.5 Å². The van der Waals surface area contributed by atoms with Crippen LogP contribution in [0.4, 0.5) is 0 Å². The van der Waals surface area contributed by atoms with Crippen molar-refractivity contribution in [1.82, 2.24) is 9.80 Å². The molecule has 4 atom stereocenters. The summed E-state index contributed by atoms with van der Waals surface area (Å²) in [5, 5.41) is 0. The molecule has 1 aliphatic heterocycles. The fourth-order valence-corrected chi connectivity index (χ4v) is 8.54. The van der Waals surface area contributed by atoms with Crippen LogP contribution in [-0.4, -0.2) is 81.8 Å². The van der Waals surface area contributed by atoms with E-state index in [2.05, 4.69) is 36.2 Å². The summed E-state index contributed by atoms with van der Waals surface area (Å²) in [5.41, 5.74) is 5.24. The van der Waals surface area contributed by atoms with Gasteiger partial charge in [-0.3, -0.25) is 9.59 Å². The predicted octanol–water partition coefficient (Wildman–Crippen LogP) is 6.41. The van der Waals surface area contributed by atoms with Gasteiger partial charge in [0.15, 0.2) is 0 Å². The van der Waals surface area contributed by atoms with Gasteiger partial charge in [0.05, 0.1) is 20.0 Å². The number of methoxy groups -OCH3 is 1.